The van der Waals surface area contributed by atoms with E-state index in [9.17, 15) is 0 Å². The number of aryl methyl sites for hydroxylation is 1. The van der Waals surface area contributed by atoms with Crippen molar-refractivity contribution in [1.82, 2.24) is 9.97 Å². The van der Waals surface area contributed by atoms with Crippen LogP contribution in [0, 0.1) is 11.8 Å². The first kappa shape index (κ1) is 9.30. The fourth-order valence-corrected chi connectivity index (χ4v) is 1.14. The number of imidazole rings is 1. The molecule has 0 amide bonds. The highest BCUT2D eigenvalue weighted by atomic mass is 14.9. The SMILES string of the molecule is CC(C)C(C)CCc1cnc[nH]1. The van der Waals surface area contributed by atoms with Crippen molar-refractivity contribution in [2.45, 2.75) is 33.6 Å². The number of nitrogens with zero attached hydrogens (tertiary/aromatic N) is 1. The number of rotatable bonds is 4. The van der Waals surface area contributed by atoms with Gasteiger partial charge in [0.05, 0.1) is 6.33 Å². The van der Waals surface area contributed by atoms with Gasteiger partial charge in [0.2, 0.25) is 0 Å². The predicted octanol–water partition coefficient (Wildman–Crippen LogP) is 2.63. The van der Waals surface area contributed by atoms with E-state index in [1.54, 1.807) is 6.33 Å². The minimum absolute atomic E-state index is 0.785. The van der Waals surface area contributed by atoms with Gasteiger partial charge in [0, 0.05) is 11.9 Å². The molecule has 1 unspecified atom stereocenters. The Balaban J connectivity index is 2.27. The van der Waals surface area contributed by atoms with Crippen LogP contribution in [0.2, 0.25) is 0 Å². The summed E-state index contributed by atoms with van der Waals surface area (Å²) in [6.45, 7) is 6.86. The number of hydrogen-bond donors (Lipinski definition) is 1. The van der Waals surface area contributed by atoms with Crippen molar-refractivity contribution in [3.63, 3.8) is 0 Å². The van der Waals surface area contributed by atoms with Crippen LogP contribution < -0.4 is 0 Å². The molecule has 2 heteroatoms. The Bertz CT molecular complexity index is 202. The van der Waals surface area contributed by atoms with E-state index in [1.165, 1.54) is 12.1 Å². The molecule has 1 N–H and O–H groups in total. The highest BCUT2D eigenvalue weighted by molar-refractivity contribution is 4.94. The molecule has 0 bridgehead atoms. The molecular weight excluding hydrogens is 148 g/mol. The third kappa shape index (κ3) is 2.68. The predicted molar refractivity (Wildman–Crippen MR) is 50.9 cm³/mol. The first-order valence-electron chi connectivity index (χ1n) is 4.67. The molecule has 0 saturated heterocycles. The fourth-order valence-electron chi connectivity index (χ4n) is 1.14. The Kier molecular flexibility index (Phi) is 3.32. The Hall–Kier alpha value is -0.790. The summed E-state index contributed by atoms with van der Waals surface area (Å²) in [5.74, 6) is 1.58. The van der Waals surface area contributed by atoms with Gasteiger partial charge in [-0.25, -0.2) is 4.98 Å². The third-order valence-electron chi connectivity index (χ3n) is 2.56. The van der Waals surface area contributed by atoms with Crippen LogP contribution in [0.1, 0.15) is 32.9 Å². The number of hydrogen-bond acceptors (Lipinski definition) is 1. The Labute approximate surface area is 74.4 Å². The van der Waals surface area contributed by atoms with Crippen LogP contribution >= 0.6 is 0 Å². The quantitative estimate of drug-likeness (QED) is 0.731. The van der Waals surface area contributed by atoms with Crippen molar-refractivity contribution in [3.05, 3.63) is 18.2 Å². The molecule has 1 rings (SSSR count). The van der Waals surface area contributed by atoms with Crippen molar-refractivity contribution in [1.29, 1.82) is 0 Å². The molecule has 12 heavy (non-hydrogen) atoms. The summed E-state index contributed by atoms with van der Waals surface area (Å²) < 4.78 is 0. The Morgan fingerprint density at radius 1 is 1.42 bits per heavy atom. The molecule has 1 aromatic heterocycles. The van der Waals surface area contributed by atoms with E-state index in [-0.39, 0.29) is 0 Å². The summed E-state index contributed by atoms with van der Waals surface area (Å²) >= 11 is 0. The second-order valence-electron chi connectivity index (χ2n) is 3.84. The van der Waals surface area contributed by atoms with E-state index >= 15 is 0 Å². The third-order valence-corrected chi connectivity index (χ3v) is 2.56. The van der Waals surface area contributed by atoms with Gasteiger partial charge >= 0.3 is 0 Å². The zero-order chi connectivity index (χ0) is 8.97. The summed E-state index contributed by atoms with van der Waals surface area (Å²) in [5.41, 5.74) is 1.25. The molecule has 0 aliphatic heterocycles. The van der Waals surface area contributed by atoms with Gasteiger partial charge in [-0.3, -0.25) is 0 Å². The monoisotopic (exact) mass is 166 g/mol. The highest BCUT2D eigenvalue weighted by Crippen LogP contribution is 2.15. The molecule has 0 aromatic carbocycles. The second kappa shape index (κ2) is 4.29. The molecule has 0 aliphatic rings. The Morgan fingerprint density at radius 2 is 2.17 bits per heavy atom. The number of aromatic amines is 1. The van der Waals surface area contributed by atoms with Crippen LogP contribution in [0.3, 0.4) is 0 Å². The largest absolute Gasteiger partial charge is 0.348 e. The topological polar surface area (TPSA) is 28.7 Å². The van der Waals surface area contributed by atoms with Gasteiger partial charge in [0.15, 0.2) is 0 Å². The number of aromatic nitrogens is 2. The molecule has 1 heterocycles. The molecule has 1 aromatic rings. The van der Waals surface area contributed by atoms with Crippen LogP contribution in [-0.2, 0) is 6.42 Å². The van der Waals surface area contributed by atoms with Gasteiger partial charge in [-0.2, -0.15) is 0 Å². The van der Waals surface area contributed by atoms with E-state index in [4.69, 9.17) is 0 Å². The molecule has 0 fully saturated rings. The lowest BCUT2D eigenvalue weighted by Gasteiger charge is -2.13. The summed E-state index contributed by atoms with van der Waals surface area (Å²) in [5, 5.41) is 0. The van der Waals surface area contributed by atoms with E-state index in [0.717, 1.165) is 18.3 Å². The molecule has 2 nitrogen and oxygen atoms in total. The lowest BCUT2D eigenvalue weighted by atomic mass is 9.93. The second-order valence-corrected chi connectivity index (χ2v) is 3.84. The highest BCUT2D eigenvalue weighted by Gasteiger charge is 2.06. The van der Waals surface area contributed by atoms with Crippen LogP contribution in [0.5, 0.6) is 0 Å². The number of H-pyrrole nitrogens is 1. The lowest BCUT2D eigenvalue weighted by Crippen LogP contribution is -2.05. The van der Waals surface area contributed by atoms with Crippen LogP contribution in [0.25, 0.3) is 0 Å². The average Bonchev–Trinajstić information content (AvgIpc) is 2.51. The Morgan fingerprint density at radius 3 is 2.67 bits per heavy atom. The summed E-state index contributed by atoms with van der Waals surface area (Å²) in [4.78, 5) is 7.11. The lowest BCUT2D eigenvalue weighted by molar-refractivity contribution is 0.391. The van der Waals surface area contributed by atoms with Gasteiger partial charge in [-0.1, -0.05) is 20.8 Å². The molecule has 68 valence electrons. The normalized spacial score (nSPS) is 13.7. The molecular formula is C10H18N2. The standard InChI is InChI=1S/C10H18N2/c1-8(2)9(3)4-5-10-6-11-7-12-10/h6-9H,4-5H2,1-3H3,(H,11,12). The van der Waals surface area contributed by atoms with E-state index in [2.05, 4.69) is 30.7 Å². The van der Waals surface area contributed by atoms with Crippen molar-refractivity contribution < 1.29 is 0 Å². The van der Waals surface area contributed by atoms with E-state index < -0.39 is 0 Å². The molecule has 0 radical (unpaired) electrons. The van der Waals surface area contributed by atoms with E-state index in [0.29, 0.717) is 0 Å². The molecule has 0 aliphatic carbocycles. The number of nitrogens with one attached hydrogen (secondary N) is 1. The molecule has 0 saturated carbocycles. The molecule has 1 atom stereocenters. The molecule has 0 spiro atoms. The van der Waals surface area contributed by atoms with Gasteiger partial charge in [0.25, 0.3) is 0 Å². The van der Waals surface area contributed by atoms with Crippen LogP contribution in [0.4, 0.5) is 0 Å². The van der Waals surface area contributed by atoms with Crippen molar-refractivity contribution >= 4 is 0 Å². The maximum atomic E-state index is 3.99. The van der Waals surface area contributed by atoms with Gasteiger partial charge in [-0.05, 0) is 24.7 Å². The summed E-state index contributed by atoms with van der Waals surface area (Å²) in [6.07, 6.45) is 6.03. The first-order valence-corrected chi connectivity index (χ1v) is 4.67. The zero-order valence-electron chi connectivity index (χ0n) is 8.17. The average molecular weight is 166 g/mol. The van der Waals surface area contributed by atoms with Crippen molar-refractivity contribution in [3.8, 4) is 0 Å². The smallest absolute Gasteiger partial charge is 0.0921 e. The maximum Gasteiger partial charge on any atom is 0.0921 e. The maximum absolute atomic E-state index is 3.99. The van der Waals surface area contributed by atoms with Gasteiger partial charge in [-0.15, -0.1) is 0 Å². The van der Waals surface area contributed by atoms with E-state index in [1.807, 2.05) is 6.20 Å². The summed E-state index contributed by atoms with van der Waals surface area (Å²) in [7, 11) is 0. The van der Waals surface area contributed by atoms with Crippen LogP contribution in [-0.4, -0.2) is 9.97 Å². The fraction of sp³-hybridized carbons (Fsp3) is 0.700. The summed E-state index contributed by atoms with van der Waals surface area (Å²) in [6, 6.07) is 0. The zero-order valence-corrected chi connectivity index (χ0v) is 8.17. The van der Waals surface area contributed by atoms with Gasteiger partial charge in [0.1, 0.15) is 0 Å². The first-order chi connectivity index (χ1) is 5.70. The van der Waals surface area contributed by atoms with Crippen molar-refractivity contribution in [2.24, 2.45) is 11.8 Å². The van der Waals surface area contributed by atoms with Crippen molar-refractivity contribution in [2.75, 3.05) is 0 Å². The minimum atomic E-state index is 0.785. The van der Waals surface area contributed by atoms with Crippen LogP contribution in [0.15, 0.2) is 12.5 Å². The van der Waals surface area contributed by atoms with Gasteiger partial charge < -0.3 is 4.98 Å². The minimum Gasteiger partial charge on any atom is -0.348 e.